The Balaban J connectivity index is 1.86. The van der Waals surface area contributed by atoms with Gasteiger partial charge in [0, 0.05) is 38.8 Å². The predicted molar refractivity (Wildman–Crippen MR) is 129 cm³/mol. The Morgan fingerprint density at radius 3 is 2.14 bits per heavy atom. The van der Waals surface area contributed by atoms with E-state index in [1.165, 1.54) is 27.7 Å². The van der Waals surface area contributed by atoms with E-state index in [4.69, 9.17) is 13.2 Å². The molecule has 0 aliphatic carbocycles. The molecule has 2 rings (SSSR count). The number of ether oxygens (including phenoxy) is 1. The zero-order chi connectivity index (χ0) is 27.5. The number of carbonyl (C=O) groups excluding carboxylic acids is 4. The molecule has 0 saturated carbocycles. The van der Waals surface area contributed by atoms with Gasteiger partial charge in [0.1, 0.15) is 5.25 Å². The molecule has 3 atom stereocenters. The van der Waals surface area contributed by atoms with Crippen molar-refractivity contribution < 1.29 is 55.8 Å². The highest BCUT2D eigenvalue weighted by Crippen LogP contribution is 2.60. The SMILES string of the molecule is COP(=O)(O)OC(C)(C)COC(C)(C)P(=O)(O)OSSC1CC(=O)N(CCN2C(=O)C=CC2=O)C1=O. The van der Waals surface area contributed by atoms with Crippen molar-refractivity contribution in [3.8, 4) is 0 Å². The largest absolute Gasteiger partial charge is 0.472 e. The lowest BCUT2D eigenvalue weighted by molar-refractivity contribution is -0.142. The van der Waals surface area contributed by atoms with Gasteiger partial charge < -0.3 is 14.5 Å². The molecule has 2 aliphatic heterocycles. The van der Waals surface area contributed by atoms with Crippen LogP contribution in [0.5, 0.6) is 0 Å². The Labute approximate surface area is 215 Å². The molecular weight excluding hydrogens is 562 g/mol. The lowest BCUT2D eigenvalue weighted by Gasteiger charge is -2.33. The van der Waals surface area contributed by atoms with E-state index in [9.17, 15) is 38.1 Å². The van der Waals surface area contributed by atoms with Crippen molar-refractivity contribution >= 4 is 60.9 Å². The zero-order valence-corrected chi connectivity index (χ0v) is 23.6. The first-order valence-electron chi connectivity index (χ1n) is 10.4. The lowest BCUT2D eigenvalue weighted by atomic mass is 10.2. The van der Waals surface area contributed by atoms with E-state index >= 15 is 0 Å². The van der Waals surface area contributed by atoms with Gasteiger partial charge in [-0.25, -0.2) is 8.54 Å². The van der Waals surface area contributed by atoms with E-state index < -0.39 is 55.2 Å². The van der Waals surface area contributed by atoms with Gasteiger partial charge in [-0.15, -0.1) is 0 Å². The van der Waals surface area contributed by atoms with Gasteiger partial charge in [-0.2, -0.15) is 0 Å². The summed E-state index contributed by atoms with van der Waals surface area (Å²) in [7, 11) is -7.07. The molecule has 1 saturated heterocycles. The summed E-state index contributed by atoms with van der Waals surface area (Å²) in [5.41, 5.74) is -1.36. The van der Waals surface area contributed by atoms with Gasteiger partial charge in [0.25, 0.3) is 11.8 Å². The average molecular weight is 591 g/mol. The fourth-order valence-corrected chi connectivity index (χ4v) is 7.30. The molecule has 2 N–H and O–H groups in total. The monoisotopic (exact) mass is 590 g/mol. The number of nitrogens with zero attached hydrogens (tertiary/aromatic N) is 2. The van der Waals surface area contributed by atoms with Crippen molar-refractivity contribution in [3.05, 3.63) is 12.2 Å². The fraction of sp³-hybridized carbons (Fsp3) is 0.667. The minimum absolute atomic E-state index is 0.142. The van der Waals surface area contributed by atoms with Crippen LogP contribution in [0.2, 0.25) is 0 Å². The Morgan fingerprint density at radius 1 is 1.03 bits per heavy atom. The lowest BCUT2D eigenvalue weighted by Crippen LogP contribution is -2.41. The number of likely N-dealkylation sites (tertiary alicyclic amines) is 1. The van der Waals surface area contributed by atoms with E-state index in [-0.39, 0.29) is 26.1 Å². The number of carbonyl (C=O) groups is 4. The van der Waals surface area contributed by atoms with Crippen LogP contribution in [0.15, 0.2) is 12.2 Å². The molecule has 1 fully saturated rings. The summed E-state index contributed by atoms with van der Waals surface area (Å²) in [5.74, 6) is -2.16. The van der Waals surface area contributed by atoms with Gasteiger partial charge in [0.15, 0.2) is 5.34 Å². The zero-order valence-electron chi connectivity index (χ0n) is 20.1. The quantitative estimate of drug-likeness (QED) is 0.129. The first-order chi connectivity index (χ1) is 16.4. The summed E-state index contributed by atoms with van der Waals surface area (Å²) in [6, 6.07) is 0. The molecule has 204 valence electrons. The number of phosphoric ester groups is 1. The van der Waals surface area contributed by atoms with Crippen LogP contribution in [0.3, 0.4) is 0 Å². The minimum atomic E-state index is -4.48. The summed E-state index contributed by atoms with van der Waals surface area (Å²) in [5, 5.41) is -2.69. The van der Waals surface area contributed by atoms with E-state index in [0.29, 0.717) is 11.1 Å². The predicted octanol–water partition coefficient (Wildman–Crippen LogP) is 1.83. The summed E-state index contributed by atoms with van der Waals surface area (Å²) in [4.78, 5) is 69.7. The van der Waals surface area contributed by atoms with Crippen molar-refractivity contribution in [2.45, 2.75) is 50.3 Å². The van der Waals surface area contributed by atoms with E-state index in [0.717, 1.165) is 39.9 Å². The van der Waals surface area contributed by atoms with Crippen LogP contribution in [0, 0.1) is 0 Å². The molecule has 0 aromatic rings. The van der Waals surface area contributed by atoms with Gasteiger partial charge in [-0.3, -0.25) is 42.6 Å². The summed E-state index contributed by atoms with van der Waals surface area (Å²) in [6.45, 7) is 4.69. The van der Waals surface area contributed by atoms with Gasteiger partial charge >= 0.3 is 15.4 Å². The van der Waals surface area contributed by atoms with Gasteiger partial charge in [-0.1, -0.05) is 0 Å². The summed E-state index contributed by atoms with van der Waals surface area (Å²) < 4.78 is 44.2. The van der Waals surface area contributed by atoms with Crippen LogP contribution < -0.4 is 0 Å². The third kappa shape index (κ3) is 7.97. The second kappa shape index (κ2) is 11.8. The summed E-state index contributed by atoms with van der Waals surface area (Å²) >= 11 is 0.443. The fourth-order valence-electron chi connectivity index (χ4n) is 2.82. The van der Waals surface area contributed by atoms with Crippen LogP contribution >= 0.6 is 37.3 Å². The maximum absolute atomic E-state index is 12.8. The molecule has 2 heterocycles. The molecule has 36 heavy (non-hydrogen) atoms. The Morgan fingerprint density at radius 2 is 1.58 bits per heavy atom. The number of hydrogen-bond donors (Lipinski definition) is 2. The highest BCUT2D eigenvalue weighted by molar-refractivity contribution is 8.75. The van der Waals surface area contributed by atoms with E-state index in [1.807, 2.05) is 0 Å². The number of phosphoric acid groups is 1. The molecule has 4 amide bonds. The van der Waals surface area contributed by atoms with Gasteiger partial charge in [-0.05, 0) is 38.5 Å². The standard InChI is InChI=1S/C18H28N2O12P2S2/c1-17(2,31-34(27,28)29-5)11-30-18(3,4)33(25,26)32-36-35-12-10-15(23)20(16(12)24)9-8-19-13(21)6-7-14(19)22/h6-7,12H,8-11H2,1-5H3,(H,25,26)(H,27,28). The third-order valence-electron chi connectivity index (χ3n) is 4.98. The molecular formula is C18H28N2O12P2S2. The normalized spacial score (nSPS) is 22.5. The van der Waals surface area contributed by atoms with Crippen molar-refractivity contribution in [1.82, 2.24) is 9.80 Å². The van der Waals surface area contributed by atoms with Crippen molar-refractivity contribution in [2.75, 3.05) is 26.8 Å². The first-order valence-corrected chi connectivity index (χ1v) is 15.6. The Bertz CT molecular complexity index is 1020. The molecule has 3 unspecified atom stereocenters. The highest BCUT2D eigenvalue weighted by Gasteiger charge is 2.46. The van der Waals surface area contributed by atoms with Crippen molar-refractivity contribution in [2.24, 2.45) is 0 Å². The average Bonchev–Trinajstić information content (AvgIpc) is 3.21. The maximum atomic E-state index is 12.8. The van der Waals surface area contributed by atoms with Crippen molar-refractivity contribution in [3.63, 3.8) is 0 Å². The number of hydrogen-bond acceptors (Lipinski definition) is 12. The van der Waals surface area contributed by atoms with Crippen molar-refractivity contribution in [1.29, 1.82) is 0 Å². The van der Waals surface area contributed by atoms with Gasteiger partial charge in [0.05, 0.1) is 23.3 Å². The van der Waals surface area contributed by atoms with Crippen LogP contribution in [0.1, 0.15) is 34.1 Å². The molecule has 0 aromatic heterocycles. The molecule has 0 radical (unpaired) electrons. The minimum Gasteiger partial charge on any atom is -0.360 e. The second-order valence-corrected chi connectivity index (χ2v) is 14.8. The maximum Gasteiger partial charge on any atom is 0.472 e. The number of imide groups is 2. The molecule has 2 aliphatic rings. The van der Waals surface area contributed by atoms with Gasteiger partial charge in [0.2, 0.25) is 11.8 Å². The highest BCUT2D eigenvalue weighted by atomic mass is 33.1. The second-order valence-electron chi connectivity index (χ2n) is 8.73. The Hall–Kier alpha value is -1.06. The topological polar surface area (TPSA) is 186 Å². The molecule has 18 heteroatoms. The van der Waals surface area contributed by atoms with Crippen LogP contribution in [0.25, 0.3) is 0 Å². The molecule has 0 spiro atoms. The number of rotatable bonds is 14. The van der Waals surface area contributed by atoms with E-state index in [2.05, 4.69) is 4.52 Å². The van der Waals surface area contributed by atoms with E-state index in [1.54, 1.807) is 0 Å². The van der Waals surface area contributed by atoms with Crippen LogP contribution in [-0.2, 0) is 46.1 Å². The Kier molecular flexibility index (Phi) is 10.2. The molecule has 0 bridgehead atoms. The van der Waals surface area contributed by atoms with Crippen LogP contribution in [-0.4, -0.2) is 86.2 Å². The third-order valence-corrected chi connectivity index (χ3v) is 10.9. The number of amides is 4. The summed E-state index contributed by atoms with van der Waals surface area (Å²) in [6.07, 6.45) is 2.00. The first kappa shape index (κ1) is 31.2. The smallest absolute Gasteiger partial charge is 0.360 e. The molecule has 14 nitrogen and oxygen atoms in total. The molecule has 0 aromatic carbocycles. The van der Waals surface area contributed by atoms with Crippen LogP contribution in [0.4, 0.5) is 0 Å².